The summed E-state index contributed by atoms with van der Waals surface area (Å²) >= 11 is 1.50. The Kier molecular flexibility index (Phi) is 10.3. The van der Waals surface area contributed by atoms with Gasteiger partial charge in [0.25, 0.3) is 0 Å². The molecule has 4 unspecified atom stereocenters. The molecule has 3 amide bonds. The zero-order valence-electron chi connectivity index (χ0n) is 21.2. The van der Waals surface area contributed by atoms with Crippen LogP contribution in [-0.4, -0.2) is 79.9 Å². The monoisotopic (exact) mass is 543 g/mol. The lowest BCUT2D eigenvalue weighted by Gasteiger charge is -2.24. The van der Waals surface area contributed by atoms with Crippen LogP contribution in [0.5, 0.6) is 0 Å². The van der Waals surface area contributed by atoms with Gasteiger partial charge in [-0.1, -0.05) is 18.2 Å². The molecule has 8 N–H and O–H groups in total. The van der Waals surface area contributed by atoms with E-state index in [1.54, 1.807) is 0 Å². The molecule has 38 heavy (non-hydrogen) atoms. The molecule has 1 aromatic carbocycles. The second-order valence-electron chi connectivity index (χ2n) is 8.92. The van der Waals surface area contributed by atoms with E-state index in [1.807, 2.05) is 36.7 Å². The van der Waals surface area contributed by atoms with Crippen LogP contribution in [0, 0.1) is 0 Å². The maximum atomic E-state index is 13.3. The van der Waals surface area contributed by atoms with Crippen molar-refractivity contribution in [2.45, 2.75) is 50.4 Å². The van der Waals surface area contributed by atoms with Gasteiger partial charge in [-0.2, -0.15) is 11.8 Å². The van der Waals surface area contributed by atoms with Gasteiger partial charge < -0.3 is 36.8 Å². The topological polar surface area (TPSA) is 195 Å². The average molecular weight is 544 g/mol. The number of aromatic nitrogens is 3. The molecule has 0 saturated carbocycles. The highest BCUT2D eigenvalue weighted by atomic mass is 32.2. The van der Waals surface area contributed by atoms with E-state index in [-0.39, 0.29) is 12.8 Å². The second kappa shape index (κ2) is 13.6. The number of rotatable bonds is 14. The van der Waals surface area contributed by atoms with Crippen LogP contribution in [0.3, 0.4) is 0 Å². The Balaban J connectivity index is 1.70. The second-order valence-corrected chi connectivity index (χ2v) is 9.91. The first-order valence-corrected chi connectivity index (χ1v) is 13.5. The summed E-state index contributed by atoms with van der Waals surface area (Å²) in [6, 6.07) is 3.58. The van der Waals surface area contributed by atoms with Crippen molar-refractivity contribution >= 4 is 46.4 Å². The molecule has 0 bridgehead atoms. The van der Waals surface area contributed by atoms with Gasteiger partial charge in [0.1, 0.15) is 18.1 Å². The lowest BCUT2D eigenvalue weighted by Crippen LogP contribution is -2.57. The molecule has 0 fully saturated rings. The zero-order chi connectivity index (χ0) is 27.7. The van der Waals surface area contributed by atoms with E-state index in [2.05, 4.69) is 30.9 Å². The summed E-state index contributed by atoms with van der Waals surface area (Å²) in [6.45, 7) is 1.33. The number of nitrogens with zero attached hydrogens (tertiary/aromatic N) is 1. The molecule has 3 rings (SSSR count). The van der Waals surface area contributed by atoms with Crippen molar-refractivity contribution in [1.29, 1.82) is 0 Å². The van der Waals surface area contributed by atoms with Crippen molar-refractivity contribution in [2.75, 3.05) is 12.0 Å². The van der Waals surface area contributed by atoms with Crippen LogP contribution in [0.1, 0.15) is 24.6 Å². The molecular formula is C25H33N7O5S. The predicted octanol–water partition coefficient (Wildman–Crippen LogP) is 0.316. The van der Waals surface area contributed by atoms with E-state index in [9.17, 15) is 19.2 Å². The Bertz CT molecular complexity index is 1250. The Hall–Kier alpha value is -3.84. The largest absolute Gasteiger partial charge is 0.480 e. The molecular weight excluding hydrogens is 510 g/mol. The molecule has 4 atom stereocenters. The van der Waals surface area contributed by atoms with Crippen molar-refractivity contribution < 1.29 is 24.3 Å². The SMILES string of the molecule is CSCCC(NC(=O)C(N)Cc1c[nH]c2ccccc12)C(=O)NC(Cc1cnc[nH]1)C(=O)NC(C)C(=O)O. The predicted molar refractivity (Wildman–Crippen MR) is 144 cm³/mol. The van der Waals surface area contributed by atoms with Crippen molar-refractivity contribution in [2.24, 2.45) is 5.73 Å². The van der Waals surface area contributed by atoms with Gasteiger partial charge in [-0.15, -0.1) is 0 Å². The highest BCUT2D eigenvalue weighted by molar-refractivity contribution is 7.98. The maximum absolute atomic E-state index is 13.3. The van der Waals surface area contributed by atoms with Crippen LogP contribution in [0.15, 0.2) is 43.0 Å². The van der Waals surface area contributed by atoms with Gasteiger partial charge in [-0.25, -0.2) is 4.98 Å². The third-order valence-electron chi connectivity index (χ3n) is 6.04. The first-order chi connectivity index (χ1) is 18.2. The van der Waals surface area contributed by atoms with Gasteiger partial charge in [-0.3, -0.25) is 19.2 Å². The Morgan fingerprint density at radius 1 is 1.03 bits per heavy atom. The maximum Gasteiger partial charge on any atom is 0.325 e. The summed E-state index contributed by atoms with van der Waals surface area (Å²) in [6.07, 6.45) is 7.25. The minimum absolute atomic E-state index is 0.0488. The number of H-pyrrole nitrogens is 2. The minimum Gasteiger partial charge on any atom is -0.480 e. The third-order valence-corrected chi connectivity index (χ3v) is 6.68. The average Bonchev–Trinajstić information content (AvgIpc) is 3.56. The van der Waals surface area contributed by atoms with Crippen LogP contribution in [0.2, 0.25) is 0 Å². The number of benzene rings is 1. The number of aromatic amines is 2. The van der Waals surface area contributed by atoms with E-state index in [0.717, 1.165) is 16.5 Å². The van der Waals surface area contributed by atoms with E-state index in [0.29, 0.717) is 17.9 Å². The normalized spacial score (nSPS) is 14.3. The first-order valence-electron chi connectivity index (χ1n) is 12.1. The molecule has 13 heteroatoms. The number of nitrogens with two attached hydrogens (primary N) is 1. The number of carboxylic acids is 1. The summed E-state index contributed by atoms with van der Waals surface area (Å²) in [5.74, 6) is -2.38. The molecule has 12 nitrogen and oxygen atoms in total. The molecule has 0 aliphatic rings. The fraction of sp³-hybridized carbons (Fsp3) is 0.400. The first kappa shape index (κ1) is 28.7. The fourth-order valence-corrected chi connectivity index (χ4v) is 4.36. The highest BCUT2D eigenvalue weighted by Crippen LogP contribution is 2.19. The highest BCUT2D eigenvalue weighted by Gasteiger charge is 2.30. The lowest BCUT2D eigenvalue weighted by molar-refractivity contribution is -0.141. The summed E-state index contributed by atoms with van der Waals surface area (Å²) in [7, 11) is 0. The molecule has 2 aromatic heterocycles. The van der Waals surface area contributed by atoms with Crippen LogP contribution in [-0.2, 0) is 32.0 Å². The number of imidazole rings is 1. The Morgan fingerprint density at radius 2 is 1.74 bits per heavy atom. The number of aliphatic carboxylic acids is 1. The minimum atomic E-state index is -1.21. The number of nitrogens with one attached hydrogen (secondary N) is 5. The van der Waals surface area contributed by atoms with Crippen LogP contribution < -0.4 is 21.7 Å². The number of carbonyl (C=O) groups is 4. The number of carbonyl (C=O) groups excluding carboxylic acids is 3. The standard InChI is InChI=1S/C25H33N7O5S/c1-14(25(36)37)30-24(35)21(10-16-12-27-13-29-16)32-23(34)20(7-8-38-2)31-22(33)18(26)9-15-11-28-19-6-4-3-5-17(15)19/h3-6,11-14,18,20-21,28H,7-10,26H2,1-2H3,(H,27,29)(H,30,35)(H,31,33)(H,32,34)(H,36,37). The molecule has 204 valence electrons. The number of fused-ring (bicyclic) bond motifs is 1. The molecule has 0 saturated heterocycles. The van der Waals surface area contributed by atoms with E-state index < -0.39 is 47.9 Å². The molecule has 0 spiro atoms. The van der Waals surface area contributed by atoms with Gasteiger partial charge in [-0.05, 0) is 43.4 Å². The summed E-state index contributed by atoms with van der Waals surface area (Å²) in [4.78, 5) is 60.2. The quantitative estimate of drug-likeness (QED) is 0.151. The van der Waals surface area contributed by atoms with Gasteiger partial charge in [0.05, 0.1) is 12.4 Å². The van der Waals surface area contributed by atoms with Crippen molar-refractivity contribution in [3.63, 3.8) is 0 Å². The van der Waals surface area contributed by atoms with Crippen LogP contribution in [0.4, 0.5) is 0 Å². The van der Waals surface area contributed by atoms with Gasteiger partial charge in [0, 0.05) is 35.4 Å². The Morgan fingerprint density at radius 3 is 2.42 bits per heavy atom. The van der Waals surface area contributed by atoms with E-state index in [1.165, 1.54) is 31.2 Å². The smallest absolute Gasteiger partial charge is 0.325 e. The zero-order valence-corrected chi connectivity index (χ0v) is 22.0. The fourth-order valence-electron chi connectivity index (χ4n) is 3.89. The number of hydrogen-bond acceptors (Lipinski definition) is 7. The van der Waals surface area contributed by atoms with Crippen LogP contribution >= 0.6 is 11.8 Å². The van der Waals surface area contributed by atoms with Crippen molar-refractivity contribution in [1.82, 2.24) is 30.9 Å². The number of carboxylic acid groups (broad SMARTS) is 1. The molecule has 3 aromatic rings. The van der Waals surface area contributed by atoms with E-state index >= 15 is 0 Å². The number of thioether (sulfide) groups is 1. The number of hydrogen-bond donors (Lipinski definition) is 7. The van der Waals surface area contributed by atoms with Gasteiger partial charge in [0.15, 0.2) is 0 Å². The summed E-state index contributed by atoms with van der Waals surface area (Å²) < 4.78 is 0. The van der Waals surface area contributed by atoms with E-state index in [4.69, 9.17) is 10.8 Å². The van der Waals surface area contributed by atoms with Gasteiger partial charge in [0.2, 0.25) is 17.7 Å². The third kappa shape index (κ3) is 7.83. The summed E-state index contributed by atoms with van der Waals surface area (Å²) in [5.41, 5.74) is 8.60. The molecule has 0 aliphatic carbocycles. The van der Waals surface area contributed by atoms with Crippen molar-refractivity contribution in [3.05, 3.63) is 54.2 Å². The Labute approximate surface area is 223 Å². The number of para-hydroxylation sites is 1. The number of amides is 3. The molecule has 2 heterocycles. The van der Waals surface area contributed by atoms with Gasteiger partial charge >= 0.3 is 5.97 Å². The lowest BCUT2D eigenvalue weighted by atomic mass is 10.0. The van der Waals surface area contributed by atoms with Crippen molar-refractivity contribution in [3.8, 4) is 0 Å². The summed E-state index contributed by atoms with van der Waals surface area (Å²) in [5, 5.41) is 17.9. The molecule has 0 aliphatic heterocycles. The molecule has 0 radical (unpaired) electrons. The van der Waals surface area contributed by atoms with Crippen LogP contribution in [0.25, 0.3) is 10.9 Å².